The Morgan fingerprint density at radius 2 is 1.45 bits per heavy atom. The summed E-state index contributed by atoms with van der Waals surface area (Å²) < 4.78 is 5.10. The van der Waals surface area contributed by atoms with Gasteiger partial charge in [0.15, 0.2) is 0 Å². The summed E-state index contributed by atoms with van der Waals surface area (Å²) in [5.74, 6) is -1.00. The Labute approximate surface area is 177 Å². The molecule has 6 nitrogen and oxygen atoms in total. The maximum atomic E-state index is 11.6. The highest BCUT2D eigenvalue weighted by atomic mass is 16.6. The number of rotatable bonds is 6. The molecule has 2 N–H and O–H groups in total. The summed E-state index contributed by atoms with van der Waals surface area (Å²) in [5, 5.41) is 12.8. The molecule has 0 bridgehead atoms. The molecule has 1 atom stereocenters. The van der Waals surface area contributed by atoms with Crippen molar-refractivity contribution < 1.29 is 19.4 Å². The maximum Gasteiger partial charge on any atom is 0.410 e. The first-order valence-electron chi connectivity index (χ1n) is 11.6. The van der Waals surface area contributed by atoms with E-state index in [1.54, 1.807) is 20.8 Å². The van der Waals surface area contributed by atoms with Gasteiger partial charge in [0, 0.05) is 19.1 Å². The number of hydrogen-bond donors (Lipinski definition) is 2. The lowest BCUT2D eigenvalue weighted by molar-refractivity contribution is -0.142. The van der Waals surface area contributed by atoms with E-state index in [0.29, 0.717) is 12.8 Å². The summed E-state index contributed by atoms with van der Waals surface area (Å²) in [7, 11) is 1.45. The molecule has 0 aromatic heterocycles. The molecule has 0 aliphatic heterocycles. The first kappa shape index (κ1) is 25.7. The van der Waals surface area contributed by atoms with E-state index >= 15 is 0 Å². The summed E-state index contributed by atoms with van der Waals surface area (Å²) in [6, 6.07) is 0.925. The first-order chi connectivity index (χ1) is 13.6. The number of carbonyl (C=O) groups excluding carboxylic acids is 1. The largest absolute Gasteiger partial charge is 0.480 e. The van der Waals surface area contributed by atoms with Gasteiger partial charge in [-0.25, -0.2) is 9.59 Å². The third kappa shape index (κ3) is 10.9. The van der Waals surface area contributed by atoms with E-state index in [2.05, 4.69) is 5.32 Å². The molecule has 0 aromatic carbocycles. The van der Waals surface area contributed by atoms with Crippen LogP contribution >= 0.6 is 0 Å². The third-order valence-corrected chi connectivity index (χ3v) is 5.68. The molecule has 0 heterocycles. The fourth-order valence-electron chi connectivity index (χ4n) is 4.09. The molecule has 2 fully saturated rings. The van der Waals surface area contributed by atoms with Gasteiger partial charge in [0.05, 0.1) is 0 Å². The van der Waals surface area contributed by atoms with Crippen molar-refractivity contribution in [2.24, 2.45) is 0 Å². The van der Waals surface area contributed by atoms with Crippen LogP contribution in [-0.4, -0.2) is 52.8 Å². The van der Waals surface area contributed by atoms with E-state index in [1.807, 2.05) is 6.92 Å². The van der Waals surface area contributed by atoms with Gasteiger partial charge in [-0.3, -0.25) is 4.90 Å². The van der Waals surface area contributed by atoms with Crippen LogP contribution in [0.2, 0.25) is 0 Å². The molecule has 29 heavy (non-hydrogen) atoms. The van der Waals surface area contributed by atoms with Crippen LogP contribution < -0.4 is 5.32 Å². The van der Waals surface area contributed by atoms with Gasteiger partial charge in [0.1, 0.15) is 11.6 Å². The fraction of sp³-hybridized carbons (Fsp3) is 0.913. The zero-order valence-corrected chi connectivity index (χ0v) is 19.3. The van der Waals surface area contributed by atoms with Gasteiger partial charge >= 0.3 is 12.1 Å². The highest BCUT2D eigenvalue weighted by Gasteiger charge is 2.29. The van der Waals surface area contributed by atoms with Crippen molar-refractivity contribution in [3.8, 4) is 0 Å². The predicted molar refractivity (Wildman–Crippen MR) is 117 cm³/mol. The summed E-state index contributed by atoms with van der Waals surface area (Å²) in [6.07, 6.45) is 15.1. The van der Waals surface area contributed by atoms with E-state index in [-0.39, 0.29) is 0 Å². The van der Waals surface area contributed by atoms with E-state index < -0.39 is 23.7 Å². The number of ether oxygens (including phenoxy) is 1. The topological polar surface area (TPSA) is 78.9 Å². The monoisotopic (exact) mass is 412 g/mol. The number of hydrogen-bond acceptors (Lipinski definition) is 4. The van der Waals surface area contributed by atoms with Gasteiger partial charge in [-0.2, -0.15) is 0 Å². The van der Waals surface area contributed by atoms with Crippen LogP contribution in [-0.2, 0) is 9.53 Å². The second kappa shape index (κ2) is 13.1. The van der Waals surface area contributed by atoms with Crippen LogP contribution in [0.3, 0.4) is 0 Å². The number of carbonyl (C=O) groups is 2. The minimum absolute atomic E-state index is 0.422. The molecule has 0 aromatic rings. The molecule has 1 amide bonds. The lowest BCUT2D eigenvalue weighted by Crippen LogP contribution is -2.44. The number of amides is 1. The minimum Gasteiger partial charge on any atom is -0.480 e. The van der Waals surface area contributed by atoms with Crippen LogP contribution in [0.4, 0.5) is 4.79 Å². The number of carboxylic acid groups (broad SMARTS) is 1. The average molecular weight is 413 g/mol. The second-order valence-electron chi connectivity index (χ2n) is 9.57. The lowest BCUT2D eigenvalue weighted by Gasteiger charge is -2.30. The number of nitrogens with one attached hydrogen (secondary N) is 1. The van der Waals surface area contributed by atoms with Crippen molar-refractivity contribution >= 4 is 12.1 Å². The number of aliphatic carboxylic acids is 1. The van der Waals surface area contributed by atoms with E-state index in [0.717, 1.165) is 17.0 Å². The zero-order valence-electron chi connectivity index (χ0n) is 19.3. The van der Waals surface area contributed by atoms with Gasteiger partial charge in [0.25, 0.3) is 0 Å². The SMILES string of the molecule is C1CCC(NC2CCCCC2)CC1.CCC[C@@H](C(=O)O)N(C)C(=O)OC(C)(C)C. The molecule has 0 saturated heterocycles. The molecule has 2 aliphatic rings. The number of carboxylic acids is 1. The Kier molecular flexibility index (Phi) is 11.6. The standard InChI is InChI=1S/C12H23N.C11H21NO4/c1-3-7-11(8-4-1)13-12-9-5-2-6-10-12;1-6-7-8(9(13)14)12(5)10(15)16-11(2,3)4/h11-13H,1-10H2;8H,6-7H2,1-5H3,(H,13,14)/t;8-/m.0/s1. The summed E-state index contributed by atoms with van der Waals surface area (Å²) in [4.78, 5) is 23.7. The molecule has 0 unspecified atom stereocenters. The molecular formula is C23H44N2O4. The van der Waals surface area contributed by atoms with Crippen LogP contribution in [0.1, 0.15) is 105 Å². The Bertz CT molecular complexity index is 462. The normalized spacial score (nSPS) is 19.6. The zero-order chi connectivity index (χ0) is 21.9. The summed E-state index contributed by atoms with van der Waals surface area (Å²) in [5.41, 5.74) is -0.611. The lowest BCUT2D eigenvalue weighted by atomic mass is 9.91. The van der Waals surface area contributed by atoms with E-state index in [9.17, 15) is 9.59 Å². The highest BCUT2D eigenvalue weighted by molar-refractivity contribution is 5.79. The van der Waals surface area contributed by atoms with Gasteiger partial charge in [-0.15, -0.1) is 0 Å². The Morgan fingerprint density at radius 3 is 1.79 bits per heavy atom. The maximum absolute atomic E-state index is 11.6. The smallest absolute Gasteiger partial charge is 0.410 e. The number of likely N-dealkylation sites (N-methyl/N-ethyl adjacent to an activating group) is 1. The van der Waals surface area contributed by atoms with Crippen LogP contribution in [0, 0.1) is 0 Å². The van der Waals surface area contributed by atoms with Crippen molar-refractivity contribution in [2.75, 3.05) is 7.05 Å². The Balaban J connectivity index is 0.000000294. The van der Waals surface area contributed by atoms with Crippen LogP contribution in [0.25, 0.3) is 0 Å². The highest BCUT2D eigenvalue weighted by Crippen LogP contribution is 2.22. The van der Waals surface area contributed by atoms with Crippen molar-refractivity contribution in [1.82, 2.24) is 10.2 Å². The van der Waals surface area contributed by atoms with Gasteiger partial charge in [-0.05, 0) is 52.9 Å². The Morgan fingerprint density at radius 1 is 1.00 bits per heavy atom. The van der Waals surface area contributed by atoms with Crippen LogP contribution in [0.5, 0.6) is 0 Å². The Hall–Kier alpha value is -1.30. The molecule has 170 valence electrons. The summed E-state index contributed by atoms with van der Waals surface area (Å²) >= 11 is 0. The quantitative estimate of drug-likeness (QED) is 0.615. The molecule has 0 spiro atoms. The fourth-order valence-corrected chi connectivity index (χ4v) is 4.09. The third-order valence-electron chi connectivity index (χ3n) is 5.68. The van der Waals surface area contributed by atoms with Gasteiger partial charge in [0.2, 0.25) is 0 Å². The van der Waals surface area contributed by atoms with Crippen molar-refractivity contribution in [3.05, 3.63) is 0 Å². The minimum atomic E-state index is -1.00. The number of nitrogens with zero attached hydrogens (tertiary/aromatic N) is 1. The molecule has 6 heteroatoms. The first-order valence-corrected chi connectivity index (χ1v) is 11.6. The van der Waals surface area contributed by atoms with E-state index in [4.69, 9.17) is 9.84 Å². The molecular weight excluding hydrogens is 368 g/mol. The molecule has 0 radical (unpaired) electrons. The average Bonchev–Trinajstić information content (AvgIpc) is 2.66. The van der Waals surface area contributed by atoms with Gasteiger partial charge in [-0.1, -0.05) is 51.9 Å². The molecule has 2 aliphatic carbocycles. The van der Waals surface area contributed by atoms with Crippen molar-refractivity contribution in [1.29, 1.82) is 0 Å². The molecule has 2 rings (SSSR count). The van der Waals surface area contributed by atoms with Gasteiger partial charge < -0.3 is 15.2 Å². The second-order valence-corrected chi connectivity index (χ2v) is 9.57. The van der Waals surface area contributed by atoms with E-state index in [1.165, 1.54) is 71.3 Å². The van der Waals surface area contributed by atoms with Crippen LogP contribution in [0.15, 0.2) is 0 Å². The van der Waals surface area contributed by atoms with Crippen molar-refractivity contribution in [2.45, 2.75) is 128 Å². The summed E-state index contributed by atoms with van der Waals surface area (Å²) in [6.45, 7) is 7.11. The van der Waals surface area contributed by atoms with Crippen molar-refractivity contribution in [3.63, 3.8) is 0 Å². The molecule has 2 saturated carbocycles. The predicted octanol–water partition coefficient (Wildman–Crippen LogP) is 5.35.